The largest absolute Gasteiger partial charge is 0.370 e. The van der Waals surface area contributed by atoms with E-state index in [1.165, 1.54) is 7.05 Å². The maximum Gasteiger partial charge on any atom is 0.370 e. The molecule has 1 aliphatic rings. The van der Waals surface area contributed by atoms with Gasteiger partial charge in [0, 0.05) is 7.05 Å². The average molecular weight is 143 g/mol. The number of carbonyl (C=O) groups is 2. The lowest BCUT2D eigenvalue weighted by Crippen LogP contribution is -2.21. The lowest BCUT2D eigenvalue weighted by molar-refractivity contribution is 0.214. The van der Waals surface area contributed by atoms with E-state index in [0.717, 1.165) is 4.90 Å². The standard InChI is InChI=1S/C3H3N3O2.C2H6/c1-6-2(7)4-5-3(6)8;1-2/h1H3;1-2H3. The molecule has 0 saturated carbocycles. The van der Waals surface area contributed by atoms with E-state index in [4.69, 9.17) is 0 Å². The van der Waals surface area contributed by atoms with Crippen molar-refractivity contribution in [1.82, 2.24) is 4.90 Å². The molecular weight excluding hydrogens is 134 g/mol. The Morgan fingerprint density at radius 3 is 1.50 bits per heavy atom. The van der Waals surface area contributed by atoms with Crippen LogP contribution in [0.4, 0.5) is 9.59 Å². The van der Waals surface area contributed by atoms with Crippen LogP contribution < -0.4 is 0 Å². The van der Waals surface area contributed by atoms with E-state index in [2.05, 4.69) is 10.2 Å². The van der Waals surface area contributed by atoms with Gasteiger partial charge in [-0.2, -0.15) is 0 Å². The van der Waals surface area contributed by atoms with Crippen LogP contribution in [0.5, 0.6) is 0 Å². The molecule has 1 rings (SSSR count). The minimum Gasteiger partial charge on any atom is -0.244 e. The highest BCUT2D eigenvalue weighted by Gasteiger charge is 2.21. The number of hydrogen-bond donors (Lipinski definition) is 0. The summed E-state index contributed by atoms with van der Waals surface area (Å²) in [5, 5.41) is 5.92. The first-order valence-electron chi connectivity index (χ1n) is 2.95. The van der Waals surface area contributed by atoms with Crippen LogP contribution in [-0.2, 0) is 0 Å². The molecule has 0 aromatic heterocycles. The predicted molar refractivity (Wildman–Crippen MR) is 34.8 cm³/mol. The summed E-state index contributed by atoms with van der Waals surface area (Å²) in [5.74, 6) is 0. The Bertz CT molecular complexity index is 158. The lowest BCUT2D eigenvalue weighted by atomic mass is 10.8. The number of urea groups is 2. The zero-order valence-electron chi connectivity index (χ0n) is 6.16. The van der Waals surface area contributed by atoms with Gasteiger partial charge in [-0.25, -0.2) is 14.5 Å². The molecular formula is C5H9N3O2. The van der Waals surface area contributed by atoms with Crippen LogP contribution >= 0.6 is 0 Å². The Labute approximate surface area is 58.7 Å². The Kier molecular flexibility index (Phi) is 3.24. The van der Waals surface area contributed by atoms with E-state index in [0.29, 0.717) is 0 Å². The fraction of sp³-hybridized carbons (Fsp3) is 0.600. The van der Waals surface area contributed by atoms with Crippen LogP contribution in [0.3, 0.4) is 0 Å². The lowest BCUT2D eigenvalue weighted by Gasteiger charge is -1.96. The fourth-order valence-electron chi connectivity index (χ4n) is 0.302. The highest BCUT2D eigenvalue weighted by Crippen LogP contribution is 2.01. The molecule has 1 heterocycles. The van der Waals surface area contributed by atoms with Gasteiger partial charge in [0.15, 0.2) is 0 Å². The van der Waals surface area contributed by atoms with Crippen LogP contribution in [0.1, 0.15) is 13.8 Å². The van der Waals surface area contributed by atoms with Crippen LogP contribution in [0, 0.1) is 0 Å². The number of rotatable bonds is 0. The van der Waals surface area contributed by atoms with Crippen molar-refractivity contribution in [3.8, 4) is 0 Å². The van der Waals surface area contributed by atoms with E-state index in [1.807, 2.05) is 13.8 Å². The van der Waals surface area contributed by atoms with Crippen LogP contribution in [0.15, 0.2) is 10.2 Å². The molecule has 5 nitrogen and oxygen atoms in total. The van der Waals surface area contributed by atoms with Gasteiger partial charge in [-0.3, -0.25) is 0 Å². The molecule has 0 saturated heterocycles. The second-order valence-corrected chi connectivity index (χ2v) is 1.32. The van der Waals surface area contributed by atoms with E-state index >= 15 is 0 Å². The molecule has 4 amide bonds. The molecule has 0 radical (unpaired) electrons. The second kappa shape index (κ2) is 3.71. The Hall–Kier alpha value is -1.26. The third kappa shape index (κ3) is 1.61. The van der Waals surface area contributed by atoms with Crippen molar-refractivity contribution in [3.05, 3.63) is 0 Å². The van der Waals surface area contributed by atoms with E-state index < -0.39 is 12.1 Å². The first-order valence-corrected chi connectivity index (χ1v) is 2.95. The van der Waals surface area contributed by atoms with Crippen LogP contribution in [-0.4, -0.2) is 24.0 Å². The molecule has 56 valence electrons. The molecule has 0 aliphatic carbocycles. The highest BCUT2D eigenvalue weighted by atomic mass is 16.2. The third-order valence-corrected chi connectivity index (χ3v) is 0.795. The van der Waals surface area contributed by atoms with Crippen molar-refractivity contribution in [1.29, 1.82) is 0 Å². The Morgan fingerprint density at radius 2 is 1.40 bits per heavy atom. The normalized spacial score (nSPS) is 15.3. The quantitative estimate of drug-likeness (QED) is 0.517. The Morgan fingerprint density at radius 1 is 1.10 bits per heavy atom. The minimum atomic E-state index is -0.602. The minimum absolute atomic E-state index is 0.602. The van der Waals surface area contributed by atoms with Gasteiger partial charge in [-0.05, 0) is 0 Å². The van der Waals surface area contributed by atoms with Gasteiger partial charge in [0.2, 0.25) is 0 Å². The molecule has 10 heavy (non-hydrogen) atoms. The smallest absolute Gasteiger partial charge is 0.244 e. The molecule has 0 N–H and O–H groups in total. The zero-order chi connectivity index (χ0) is 8.15. The van der Waals surface area contributed by atoms with Gasteiger partial charge in [-0.15, -0.1) is 0 Å². The van der Waals surface area contributed by atoms with Crippen LogP contribution in [0.25, 0.3) is 0 Å². The summed E-state index contributed by atoms with van der Waals surface area (Å²) in [5.41, 5.74) is 0. The number of amides is 4. The summed E-state index contributed by atoms with van der Waals surface area (Å²) in [4.78, 5) is 21.3. The number of hydrogen-bond acceptors (Lipinski definition) is 2. The van der Waals surface area contributed by atoms with E-state index in [-0.39, 0.29) is 0 Å². The number of nitrogens with zero attached hydrogens (tertiary/aromatic N) is 3. The van der Waals surface area contributed by atoms with Gasteiger partial charge < -0.3 is 0 Å². The topological polar surface area (TPSA) is 62.1 Å². The Balaban J connectivity index is 0.000000371. The number of imide groups is 1. The monoisotopic (exact) mass is 143 g/mol. The summed E-state index contributed by atoms with van der Waals surface area (Å²) in [6.07, 6.45) is 0. The molecule has 0 aromatic carbocycles. The third-order valence-electron chi connectivity index (χ3n) is 0.795. The summed E-state index contributed by atoms with van der Waals surface area (Å²) in [6, 6.07) is -1.20. The van der Waals surface area contributed by atoms with Gasteiger partial charge >= 0.3 is 12.1 Å². The van der Waals surface area contributed by atoms with E-state index in [1.54, 1.807) is 0 Å². The summed E-state index contributed by atoms with van der Waals surface area (Å²) >= 11 is 0. The molecule has 0 atom stereocenters. The second-order valence-electron chi connectivity index (χ2n) is 1.32. The van der Waals surface area contributed by atoms with Gasteiger partial charge in [-0.1, -0.05) is 24.1 Å². The number of carbonyl (C=O) groups excluding carboxylic acids is 2. The van der Waals surface area contributed by atoms with Crippen molar-refractivity contribution in [2.45, 2.75) is 13.8 Å². The summed E-state index contributed by atoms with van der Waals surface area (Å²) in [6.45, 7) is 4.00. The van der Waals surface area contributed by atoms with Crippen molar-refractivity contribution in [3.63, 3.8) is 0 Å². The highest BCUT2D eigenvalue weighted by molar-refractivity contribution is 5.97. The SMILES string of the molecule is CC.CN1C(=O)N=NC1=O. The van der Waals surface area contributed by atoms with Crippen LogP contribution in [0.2, 0.25) is 0 Å². The summed E-state index contributed by atoms with van der Waals surface area (Å²) in [7, 11) is 1.32. The molecule has 0 spiro atoms. The van der Waals surface area contributed by atoms with Crippen molar-refractivity contribution in [2.75, 3.05) is 7.05 Å². The van der Waals surface area contributed by atoms with Gasteiger partial charge in [0.1, 0.15) is 0 Å². The molecule has 1 aliphatic heterocycles. The molecule has 0 fully saturated rings. The number of azo groups is 1. The summed E-state index contributed by atoms with van der Waals surface area (Å²) < 4.78 is 0. The van der Waals surface area contributed by atoms with Gasteiger partial charge in [0.25, 0.3) is 0 Å². The average Bonchev–Trinajstić information content (AvgIpc) is 2.25. The van der Waals surface area contributed by atoms with E-state index in [9.17, 15) is 9.59 Å². The first kappa shape index (κ1) is 8.74. The first-order chi connectivity index (χ1) is 4.72. The predicted octanol–water partition coefficient (Wildman–Crippen LogP) is 1.65. The fourth-order valence-corrected chi connectivity index (χ4v) is 0.302. The molecule has 0 aromatic rings. The maximum atomic E-state index is 10.2. The maximum absolute atomic E-state index is 10.2. The van der Waals surface area contributed by atoms with Crippen molar-refractivity contribution >= 4 is 12.1 Å². The van der Waals surface area contributed by atoms with Gasteiger partial charge in [0.05, 0.1) is 0 Å². The van der Waals surface area contributed by atoms with Crippen molar-refractivity contribution in [2.24, 2.45) is 10.2 Å². The van der Waals surface area contributed by atoms with Crippen molar-refractivity contribution < 1.29 is 9.59 Å². The molecule has 0 bridgehead atoms. The zero-order valence-corrected chi connectivity index (χ0v) is 6.16. The molecule has 0 unspecified atom stereocenters. The molecule has 5 heteroatoms.